The number of likely N-dealkylation sites (N-methyl/N-ethyl adjacent to an activating group) is 1. The molecular formula is C13H18ClNO. The Morgan fingerprint density at radius 1 is 1.19 bits per heavy atom. The minimum absolute atomic E-state index is 0.0905. The van der Waals surface area contributed by atoms with Crippen LogP contribution in [-0.2, 0) is 4.79 Å². The van der Waals surface area contributed by atoms with E-state index in [1.807, 2.05) is 24.3 Å². The van der Waals surface area contributed by atoms with Crippen molar-refractivity contribution in [2.24, 2.45) is 5.92 Å². The first-order valence-corrected chi connectivity index (χ1v) is 5.78. The van der Waals surface area contributed by atoms with Gasteiger partial charge in [-0.3, -0.25) is 4.79 Å². The van der Waals surface area contributed by atoms with E-state index in [4.69, 9.17) is 11.6 Å². The Hall–Kier alpha value is -1.02. The van der Waals surface area contributed by atoms with Gasteiger partial charge in [0.05, 0.1) is 5.92 Å². The largest absolute Gasteiger partial charge is 0.348 e. The van der Waals surface area contributed by atoms with E-state index in [0.717, 1.165) is 5.56 Å². The van der Waals surface area contributed by atoms with Gasteiger partial charge in [0, 0.05) is 19.1 Å². The summed E-state index contributed by atoms with van der Waals surface area (Å²) in [5, 5.41) is 0.698. The molecule has 16 heavy (non-hydrogen) atoms. The summed E-state index contributed by atoms with van der Waals surface area (Å²) in [7, 11) is 3.57. The van der Waals surface area contributed by atoms with Crippen molar-refractivity contribution in [3.63, 3.8) is 0 Å². The molecule has 0 aliphatic rings. The fourth-order valence-corrected chi connectivity index (χ4v) is 1.89. The number of carbonyl (C=O) groups is 1. The van der Waals surface area contributed by atoms with Gasteiger partial charge in [-0.2, -0.15) is 0 Å². The fourth-order valence-electron chi connectivity index (χ4n) is 1.76. The summed E-state index contributed by atoms with van der Waals surface area (Å²) >= 11 is 5.84. The lowest BCUT2D eigenvalue weighted by atomic mass is 9.87. The van der Waals surface area contributed by atoms with Gasteiger partial charge in [-0.15, -0.1) is 0 Å². The Bertz CT molecular complexity index is 357. The van der Waals surface area contributed by atoms with E-state index < -0.39 is 0 Å². The average Bonchev–Trinajstić information content (AvgIpc) is 2.20. The molecule has 0 saturated heterocycles. The highest BCUT2D eigenvalue weighted by molar-refractivity contribution is 6.30. The van der Waals surface area contributed by atoms with E-state index >= 15 is 0 Å². The number of rotatable bonds is 3. The first-order chi connectivity index (χ1) is 7.43. The molecule has 0 heterocycles. The predicted octanol–water partition coefficient (Wildman–Crippen LogP) is 3.17. The maximum Gasteiger partial charge on any atom is 0.229 e. The van der Waals surface area contributed by atoms with Crippen molar-refractivity contribution in [3.8, 4) is 0 Å². The van der Waals surface area contributed by atoms with E-state index in [9.17, 15) is 4.79 Å². The molecule has 1 unspecified atom stereocenters. The predicted molar refractivity (Wildman–Crippen MR) is 67.7 cm³/mol. The van der Waals surface area contributed by atoms with Crippen LogP contribution in [0.1, 0.15) is 25.3 Å². The molecule has 0 N–H and O–H groups in total. The molecule has 0 aromatic heterocycles. The van der Waals surface area contributed by atoms with Crippen molar-refractivity contribution >= 4 is 17.5 Å². The van der Waals surface area contributed by atoms with Crippen LogP contribution < -0.4 is 0 Å². The SMILES string of the molecule is CC(C)C(C(=O)N(C)C)c1ccc(Cl)cc1. The quantitative estimate of drug-likeness (QED) is 0.794. The van der Waals surface area contributed by atoms with Crippen LogP contribution in [0.3, 0.4) is 0 Å². The van der Waals surface area contributed by atoms with Gasteiger partial charge in [-0.25, -0.2) is 0 Å². The van der Waals surface area contributed by atoms with Crippen molar-refractivity contribution in [1.29, 1.82) is 0 Å². The van der Waals surface area contributed by atoms with Crippen LogP contribution in [0.2, 0.25) is 5.02 Å². The third kappa shape index (κ3) is 2.99. The van der Waals surface area contributed by atoms with Gasteiger partial charge in [0.15, 0.2) is 0 Å². The zero-order valence-corrected chi connectivity index (χ0v) is 11.0. The highest BCUT2D eigenvalue weighted by Gasteiger charge is 2.25. The first-order valence-electron chi connectivity index (χ1n) is 5.40. The summed E-state index contributed by atoms with van der Waals surface area (Å²) in [4.78, 5) is 13.7. The Balaban J connectivity index is 3.03. The minimum atomic E-state index is -0.0905. The Labute approximate surface area is 102 Å². The van der Waals surface area contributed by atoms with Crippen molar-refractivity contribution < 1.29 is 4.79 Å². The molecule has 0 radical (unpaired) electrons. The van der Waals surface area contributed by atoms with Crippen LogP contribution in [0.25, 0.3) is 0 Å². The van der Waals surface area contributed by atoms with Gasteiger partial charge < -0.3 is 4.90 Å². The average molecular weight is 240 g/mol. The molecule has 1 rings (SSSR count). The normalized spacial score (nSPS) is 12.6. The molecule has 1 aromatic rings. The van der Waals surface area contributed by atoms with Crippen LogP contribution in [-0.4, -0.2) is 24.9 Å². The van der Waals surface area contributed by atoms with E-state index in [-0.39, 0.29) is 17.7 Å². The molecule has 0 bridgehead atoms. The summed E-state index contributed by atoms with van der Waals surface area (Å²) in [5.41, 5.74) is 1.03. The second-order valence-electron chi connectivity index (χ2n) is 4.51. The van der Waals surface area contributed by atoms with Crippen molar-refractivity contribution in [2.45, 2.75) is 19.8 Å². The number of hydrogen-bond donors (Lipinski definition) is 0. The smallest absolute Gasteiger partial charge is 0.229 e. The highest BCUT2D eigenvalue weighted by atomic mass is 35.5. The van der Waals surface area contributed by atoms with Crippen LogP contribution in [0.5, 0.6) is 0 Å². The second-order valence-corrected chi connectivity index (χ2v) is 4.94. The zero-order valence-electron chi connectivity index (χ0n) is 10.2. The Kier molecular flexibility index (Phi) is 4.36. The van der Waals surface area contributed by atoms with Crippen LogP contribution >= 0.6 is 11.6 Å². The molecule has 1 aromatic carbocycles. The third-order valence-electron chi connectivity index (χ3n) is 2.60. The van der Waals surface area contributed by atoms with Gasteiger partial charge in [0.2, 0.25) is 5.91 Å². The number of benzene rings is 1. The summed E-state index contributed by atoms with van der Waals surface area (Å²) < 4.78 is 0. The molecule has 3 heteroatoms. The molecule has 0 spiro atoms. The maximum atomic E-state index is 12.1. The standard InChI is InChI=1S/C13H18ClNO/c1-9(2)12(13(16)15(3)4)10-5-7-11(14)8-6-10/h5-9,12H,1-4H3. The molecule has 1 amide bonds. The number of hydrogen-bond acceptors (Lipinski definition) is 1. The summed E-state index contributed by atoms with van der Waals surface area (Å²) in [5.74, 6) is 0.320. The highest BCUT2D eigenvalue weighted by Crippen LogP contribution is 2.27. The molecule has 88 valence electrons. The van der Waals surface area contributed by atoms with Gasteiger partial charge in [-0.1, -0.05) is 37.6 Å². The van der Waals surface area contributed by atoms with Crippen LogP contribution in [0.15, 0.2) is 24.3 Å². The first kappa shape index (κ1) is 13.0. The van der Waals surface area contributed by atoms with Gasteiger partial charge >= 0.3 is 0 Å². The third-order valence-corrected chi connectivity index (χ3v) is 2.85. The Morgan fingerprint density at radius 3 is 2.06 bits per heavy atom. The van der Waals surface area contributed by atoms with Crippen molar-refractivity contribution in [1.82, 2.24) is 4.90 Å². The van der Waals surface area contributed by atoms with E-state index in [2.05, 4.69) is 13.8 Å². The van der Waals surface area contributed by atoms with Gasteiger partial charge in [-0.05, 0) is 23.6 Å². The lowest BCUT2D eigenvalue weighted by Gasteiger charge is -2.24. The van der Waals surface area contributed by atoms with E-state index in [1.54, 1.807) is 19.0 Å². The zero-order chi connectivity index (χ0) is 12.3. The topological polar surface area (TPSA) is 20.3 Å². The molecule has 1 atom stereocenters. The summed E-state index contributed by atoms with van der Waals surface area (Å²) in [6, 6.07) is 7.51. The number of carbonyl (C=O) groups excluding carboxylic acids is 1. The molecule has 0 fully saturated rings. The van der Waals surface area contributed by atoms with Crippen LogP contribution in [0, 0.1) is 5.92 Å². The maximum absolute atomic E-state index is 12.1. The summed E-state index contributed by atoms with van der Waals surface area (Å²) in [6.07, 6.45) is 0. The van der Waals surface area contributed by atoms with Gasteiger partial charge in [0.1, 0.15) is 0 Å². The molecule has 0 aliphatic carbocycles. The number of halogens is 1. The number of nitrogens with zero attached hydrogens (tertiary/aromatic N) is 1. The molecule has 2 nitrogen and oxygen atoms in total. The molecule has 0 aliphatic heterocycles. The van der Waals surface area contributed by atoms with Crippen molar-refractivity contribution in [3.05, 3.63) is 34.9 Å². The van der Waals surface area contributed by atoms with Gasteiger partial charge in [0.25, 0.3) is 0 Å². The monoisotopic (exact) mass is 239 g/mol. The second kappa shape index (κ2) is 5.35. The molecule has 0 saturated carbocycles. The summed E-state index contributed by atoms with van der Waals surface area (Å²) in [6.45, 7) is 4.11. The molecular weight excluding hydrogens is 222 g/mol. The minimum Gasteiger partial charge on any atom is -0.348 e. The number of amides is 1. The van der Waals surface area contributed by atoms with E-state index in [1.165, 1.54) is 0 Å². The Morgan fingerprint density at radius 2 is 1.69 bits per heavy atom. The lowest BCUT2D eigenvalue weighted by Crippen LogP contribution is -2.31. The fraction of sp³-hybridized carbons (Fsp3) is 0.462. The van der Waals surface area contributed by atoms with Crippen LogP contribution in [0.4, 0.5) is 0 Å². The lowest BCUT2D eigenvalue weighted by molar-refractivity contribution is -0.131. The van der Waals surface area contributed by atoms with E-state index in [0.29, 0.717) is 5.02 Å². The van der Waals surface area contributed by atoms with Crippen molar-refractivity contribution in [2.75, 3.05) is 14.1 Å².